The molecule has 5 nitrogen and oxygen atoms in total. The Bertz CT molecular complexity index is 454. The molecule has 2 fully saturated rings. The quantitative estimate of drug-likeness (QED) is 0.781. The number of amides is 2. The fourth-order valence-corrected chi connectivity index (χ4v) is 3.94. The van der Waals surface area contributed by atoms with Crippen molar-refractivity contribution in [3.8, 4) is 0 Å². The van der Waals surface area contributed by atoms with E-state index in [1.165, 1.54) is 6.42 Å². The largest absolute Gasteiger partial charge is 0.342 e. The third-order valence-electron chi connectivity index (χ3n) is 5.68. The lowest BCUT2D eigenvalue weighted by molar-refractivity contribution is -0.145. The highest BCUT2D eigenvalue weighted by molar-refractivity contribution is 5.82. The molecular formula is C20H37N3O2. The van der Waals surface area contributed by atoms with Crippen LogP contribution in [0.5, 0.6) is 0 Å². The predicted molar refractivity (Wildman–Crippen MR) is 101 cm³/mol. The van der Waals surface area contributed by atoms with E-state index in [4.69, 9.17) is 0 Å². The van der Waals surface area contributed by atoms with E-state index < -0.39 is 0 Å². The van der Waals surface area contributed by atoms with Gasteiger partial charge in [-0.15, -0.1) is 0 Å². The van der Waals surface area contributed by atoms with Gasteiger partial charge >= 0.3 is 0 Å². The number of rotatable bonds is 4. The first-order valence-electron chi connectivity index (χ1n) is 9.91. The Labute approximate surface area is 153 Å². The molecule has 0 spiro atoms. The van der Waals surface area contributed by atoms with Crippen LogP contribution in [0, 0.1) is 17.3 Å². The average Bonchev–Trinajstić information content (AvgIpc) is 2.58. The van der Waals surface area contributed by atoms with E-state index in [9.17, 15) is 9.59 Å². The van der Waals surface area contributed by atoms with Crippen molar-refractivity contribution < 1.29 is 9.59 Å². The first kappa shape index (κ1) is 20.2. The lowest BCUT2D eigenvalue weighted by Gasteiger charge is -2.38. The molecule has 0 unspecified atom stereocenters. The molecule has 0 aromatic rings. The molecule has 2 rings (SSSR count). The summed E-state index contributed by atoms with van der Waals surface area (Å²) >= 11 is 0. The van der Waals surface area contributed by atoms with Crippen LogP contribution < -0.4 is 0 Å². The minimum absolute atomic E-state index is 0.113. The van der Waals surface area contributed by atoms with Gasteiger partial charge in [-0.1, -0.05) is 20.8 Å². The third-order valence-corrected chi connectivity index (χ3v) is 5.68. The number of hydrogen-bond donors (Lipinski definition) is 0. The predicted octanol–water partition coefficient (Wildman–Crippen LogP) is 2.46. The van der Waals surface area contributed by atoms with Crippen LogP contribution in [-0.4, -0.2) is 73.3 Å². The molecule has 0 radical (unpaired) electrons. The average molecular weight is 352 g/mol. The minimum atomic E-state index is -0.328. The first-order valence-corrected chi connectivity index (χ1v) is 9.91. The van der Waals surface area contributed by atoms with E-state index in [1.54, 1.807) is 0 Å². The molecule has 2 amide bonds. The van der Waals surface area contributed by atoms with Crippen LogP contribution >= 0.6 is 0 Å². The highest BCUT2D eigenvalue weighted by Gasteiger charge is 2.34. The molecule has 0 aromatic heterocycles. The van der Waals surface area contributed by atoms with E-state index in [1.807, 2.05) is 25.7 Å². The molecule has 25 heavy (non-hydrogen) atoms. The molecule has 0 N–H and O–H groups in total. The van der Waals surface area contributed by atoms with Gasteiger partial charge in [-0.3, -0.25) is 9.59 Å². The Hall–Kier alpha value is -1.10. The van der Waals surface area contributed by atoms with Gasteiger partial charge in [-0.25, -0.2) is 0 Å². The van der Waals surface area contributed by atoms with Crippen LogP contribution in [0.25, 0.3) is 0 Å². The smallest absolute Gasteiger partial charge is 0.227 e. The fraction of sp³-hybridized carbons (Fsp3) is 0.900. The topological polar surface area (TPSA) is 43.9 Å². The monoisotopic (exact) mass is 351 g/mol. The summed E-state index contributed by atoms with van der Waals surface area (Å²) in [6.45, 7) is 10.3. The summed E-state index contributed by atoms with van der Waals surface area (Å²) in [7, 11) is 4.24. The zero-order valence-electron chi connectivity index (χ0n) is 16.9. The van der Waals surface area contributed by atoms with Crippen LogP contribution in [0.3, 0.4) is 0 Å². The highest BCUT2D eigenvalue weighted by atomic mass is 16.2. The second kappa shape index (κ2) is 8.52. The zero-order chi connectivity index (χ0) is 18.6. The van der Waals surface area contributed by atoms with Gasteiger partial charge in [0.25, 0.3) is 0 Å². The third kappa shape index (κ3) is 5.70. The summed E-state index contributed by atoms with van der Waals surface area (Å²) in [6, 6.07) is 0. The van der Waals surface area contributed by atoms with Gasteiger partial charge in [-0.2, -0.15) is 0 Å². The molecule has 0 saturated carbocycles. The second-order valence-electron chi connectivity index (χ2n) is 9.18. The van der Waals surface area contributed by atoms with Gasteiger partial charge < -0.3 is 14.7 Å². The Morgan fingerprint density at radius 3 is 1.92 bits per heavy atom. The summed E-state index contributed by atoms with van der Waals surface area (Å²) in [5.41, 5.74) is -0.328. The van der Waals surface area contributed by atoms with E-state index >= 15 is 0 Å². The molecule has 2 saturated heterocycles. The van der Waals surface area contributed by atoms with Crippen molar-refractivity contribution in [2.45, 2.75) is 52.9 Å². The number of carbonyl (C=O) groups is 2. The number of likely N-dealkylation sites (tertiary alicyclic amines) is 2. The summed E-state index contributed by atoms with van der Waals surface area (Å²) in [5.74, 6) is 1.41. The van der Waals surface area contributed by atoms with Crippen LogP contribution in [0.2, 0.25) is 0 Å². The number of piperidine rings is 2. The van der Waals surface area contributed by atoms with Crippen molar-refractivity contribution in [1.29, 1.82) is 0 Å². The van der Waals surface area contributed by atoms with Gasteiger partial charge in [0.15, 0.2) is 0 Å². The first-order chi connectivity index (χ1) is 11.7. The van der Waals surface area contributed by atoms with Crippen molar-refractivity contribution in [1.82, 2.24) is 14.7 Å². The number of nitrogens with zero attached hydrogens (tertiary/aromatic N) is 3. The molecule has 144 valence electrons. The Morgan fingerprint density at radius 1 is 0.920 bits per heavy atom. The Morgan fingerprint density at radius 2 is 1.44 bits per heavy atom. The summed E-state index contributed by atoms with van der Waals surface area (Å²) in [6.07, 6.45) is 5.16. The molecule has 0 atom stereocenters. The number of hydrogen-bond acceptors (Lipinski definition) is 3. The molecular weight excluding hydrogens is 314 g/mol. The van der Waals surface area contributed by atoms with Crippen molar-refractivity contribution in [2.24, 2.45) is 17.3 Å². The van der Waals surface area contributed by atoms with Crippen LogP contribution in [-0.2, 0) is 9.59 Å². The summed E-state index contributed by atoms with van der Waals surface area (Å²) in [4.78, 5) is 31.4. The van der Waals surface area contributed by atoms with Gasteiger partial charge in [-0.05, 0) is 58.7 Å². The molecule has 0 bridgehead atoms. The Balaban J connectivity index is 1.75. The van der Waals surface area contributed by atoms with E-state index in [0.29, 0.717) is 5.91 Å². The highest BCUT2D eigenvalue weighted by Crippen LogP contribution is 2.27. The van der Waals surface area contributed by atoms with Crippen molar-refractivity contribution in [2.75, 3.05) is 46.8 Å². The molecule has 5 heteroatoms. The van der Waals surface area contributed by atoms with Crippen molar-refractivity contribution in [3.63, 3.8) is 0 Å². The molecule has 2 heterocycles. The van der Waals surface area contributed by atoms with Gasteiger partial charge in [0.2, 0.25) is 11.8 Å². The van der Waals surface area contributed by atoms with E-state index in [0.717, 1.165) is 64.3 Å². The second-order valence-corrected chi connectivity index (χ2v) is 9.18. The normalized spacial score (nSPS) is 21.0. The van der Waals surface area contributed by atoms with E-state index in [-0.39, 0.29) is 17.2 Å². The van der Waals surface area contributed by atoms with E-state index in [2.05, 4.69) is 23.9 Å². The van der Waals surface area contributed by atoms with Crippen LogP contribution in [0.1, 0.15) is 52.9 Å². The van der Waals surface area contributed by atoms with Gasteiger partial charge in [0.1, 0.15) is 0 Å². The molecule has 2 aliphatic rings. The molecule has 2 aliphatic heterocycles. The maximum Gasteiger partial charge on any atom is 0.227 e. The zero-order valence-corrected chi connectivity index (χ0v) is 16.9. The van der Waals surface area contributed by atoms with Crippen LogP contribution in [0.15, 0.2) is 0 Å². The minimum Gasteiger partial charge on any atom is -0.342 e. The van der Waals surface area contributed by atoms with Gasteiger partial charge in [0.05, 0.1) is 0 Å². The fourth-order valence-electron chi connectivity index (χ4n) is 3.94. The van der Waals surface area contributed by atoms with Gasteiger partial charge in [0, 0.05) is 37.5 Å². The number of carbonyl (C=O) groups excluding carboxylic acids is 2. The molecule has 0 aromatic carbocycles. The standard InChI is InChI=1S/C20H37N3O2/c1-20(2,3)19(25)23-14-9-17(10-15-23)18(24)22-12-7-16(8-13-22)6-11-21(4)5/h16-17H,6-15H2,1-5H3. The lowest BCUT2D eigenvalue weighted by Crippen LogP contribution is -2.48. The summed E-state index contributed by atoms with van der Waals surface area (Å²) in [5, 5.41) is 0. The lowest BCUT2D eigenvalue weighted by atomic mass is 9.89. The Kier molecular flexibility index (Phi) is 6.89. The maximum absolute atomic E-state index is 12.8. The molecule has 0 aliphatic carbocycles. The SMILES string of the molecule is CN(C)CCC1CCN(C(=O)C2CCN(C(=O)C(C)(C)C)CC2)CC1. The van der Waals surface area contributed by atoms with Crippen LogP contribution in [0.4, 0.5) is 0 Å². The summed E-state index contributed by atoms with van der Waals surface area (Å²) < 4.78 is 0. The van der Waals surface area contributed by atoms with Crippen molar-refractivity contribution in [3.05, 3.63) is 0 Å². The maximum atomic E-state index is 12.8. The van der Waals surface area contributed by atoms with Crippen molar-refractivity contribution >= 4 is 11.8 Å².